The first-order valence-corrected chi connectivity index (χ1v) is 63.0. The number of carbonyl (C=O) groups is 1. The molecule has 0 aromatic carbocycles. The Kier molecular flexibility index (Phi) is 24.9. The van der Waals surface area contributed by atoms with Gasteiger partial charge in [0, 0.05) is 0 Å². The average Bonchev–Trinajstić information content (AvgIpc) is 2.91. The largest absolute Gasteiger partial charge is 0.514 e. The van der Waals surface area contributed by atoms with E-state index in [9.17, 15) is 0 Å². The Morgan fingerprint density at radius 1 is 0.381 bits per heavy atom. The standard InChI is InChI=1S/C33H96O14Si16/c1-29-30(48)35-32(34)31(61(42-55(11,12)13,43-56(14,15)16)39-49-36-52(2,3)4)33(62(44-57(17,18)19,45-58(20,21)22)40-50-37-53(5,6)7)63(46-59(23,24)25,47-60(26,27)28)41-51-38-54(8,9)10/h30H,29,49-51H2,1-28,48H3. The fourth-order valence-electron chi connectivity index (χ4n) is 5.23. The van der Waals surface area contributed by atoms with E-state index >= 15 is 4.79 Å². The Bertz CT molecular complexity index is 1350. The van der Waals surface area contributed by atoms with Gasteiger partial charge in [-0.3, -0.25) is 0 Å². The monoisotopic (exact) mass is 1160 g/mol. The SMILES string of the molecule is CCC([SiH3])OC(=O)C(=C([Si](O[SiH2]O[Si](C)(C)C)(O[Si](C)(C)C)O[Si](C)(C)C)[Si](O[SiH2]O[Si](C)(C)C)(O[Si](C)(C)C)O[Si](C)(C)C)[Si](O[SiH2]O[Si](C)(C)C)(O[Si](C)(C)C)O[Si](C)(C)C. The van der Waals surface area contributed by atoms with Crippen LogP contribution in [0.15, 0.2) is 10.0 Å². The molecule has 0 heterocycles. The van der Waals surface area contributed by atoms with Crippen molar-refractivity contribution in [2.24, 2.45) is 0 Å². The minimum absolute atomic E-state index is 0.0867. The molecule has 1 atom stereocenters. The molecule has 0 bridgehead atoms. The molecule has 0 saturated heterocycles. The van der Waals surface area contributed by atoms with Crippen molar-refractivity contribution in [3.63, 3.8) is 0 Å². The third kappa shape index (κ3) is 28.0. The van der Waals surface area contributed by atoms with Crippen molar-refractivity contribution in [1.82, 2.24) is 0 Å². The van der Waals surface area contributed by atoms with Crippen LogP contribution < -0.4 is 0 Å². The summed E-state index contributed by atoms with van der Waals surface area (Å²) in [6.07, 6.45) is 0.618. The van der Waals surface area contributed by atoms with Gasteiger partial charge in [0.05, 0.1) is 20.8 Å². The molecule has 0 aliphatic rings. The lowest BCUT2D eigenvalue weighted by Gasteiger charge is -2.50. The summed E-state index contributed by atoms with van der Waals surface area (Å²) >= 11 is 0. The molecule has 14 nitrogen and oxygen atoms in total. The highest BCUT2D eigenvalue weighted by Crippen LogP contribution is 2.44. The fourth-order valence-corrected chi connectivity index (χ4v) is 51.5. The molecule has 0 aliphatic heterocycles. The Morgan fingerprint density at radius 3 is 0.810 bits per heavy atom. The summed E-state index contributed by atoms with van der Waals surface area (Å²) in [7, 11) is -41.6. The Morgan fingerprint density at radius 2 is 0.603 bits per heavy atom. The van der Waals surface area contributed by atoms with E-state index in [2.05, 4.69) is 177 Å². The van der Waals surface area contributed by atoms with Crippen molar-refractivity contribution >= 4 is 148 Å². The van der Waals surface area contributed by atoms with Crippen molar-refractivity contribution in [2.75, 3.05) is 0 Å². The van der Waals surface area contributed by atoms with E-state index in [1.54, 1.807) is 0 Å². The molecule has 0 fully saturated rings. The van der Waals surface area contributed by atoms with E-state index in [0.717, 1.165) is 0 Å². The van der Waals surface area contributed by atoms with Crippen molar-refractivity contribution in [3.05, 3.63) is 10.0 Å². The second-order valence-electron chi connectivity index (χ2n) is 24.9. The molecule has 0 aromatic heterocycles. The molecule has 0 rings (SSSR count). The van der Waals surface area contributed by atoms with Crippen LogP contribution in [0.4, 0.5) is 0 Å². The molecule has 30 heteroatoms. The average molecular weight is 1170 g/mol. The molecule has 376 valence electrons. The first kappa shape index (κ1) is 65.2. The van der Waals surface area contributed by atoms with Crippen LogP contribution >= 0.6 is 0 Å². The topological polar surface area (TPSA) is 137 Å². The summed E-state index contributed by atoms with van der Waals surface area (Å²) < 4.78 is 95.0. The summed E-state index contributed by atoms with van der Waals surface area (Å²) in [5.74, 6) is -0.629. The molecular weight excluding hydrogens is 1070 g/mol. The van der Waals surface area contributed by atoms with Gasteiger partial charge in [0.15, 0.2) is 74.9 Å². The number of rotatable bonds is 30. The van der Waals surface area contributed by atoms with Crippen LogP contribution in [0.1, 0.15) is 13.3 Å². The van der Waals surface area contributed by atoms with E-state index < -0.39 is 137 Å². The van der Waals surface area contributed by atoms with Crippen LogP contribution in [0.2, 0.25) is 177 Å². The van der Waals surface area contributed by atoms with E-state index in [4.69, 9.17) is 54.1 Å². The predicted molar refractivity (Wildman–Crippen MR) is 303 cm³/mol. The first-order chi connectivity index (χ1) is 27.5. The molecule has 0 amide bonds. The maximum absolute atomic E-state index is 16.2. The van der Waals surface area contributed by atoms with E-state index in [0.29, 0.717) is 21.5 Å². The van der Waals surface area contributed by atoms with Gasteiger partial charge in [-0.25, -0.2) is 4.79 Å². The molecule has 0 spiro atoms. The van der Waals surface area contributed by atoms with Gasteiger partial charge in [-0.1, -0.05) is 6.92 Å². The molecule has 0 aliphatic carbocycles. The minimum Gasteiger partial charge on any atom is -0.464 e. The van der Waals surface area contributed by atoms with Gasteiger partial charge in [0.2, 0.25) is 0 Å². The smallest absolute Gasteiger partial charge is 0.464 e. The highest BCUT2D eigenvalue weighted by atomic mass is 28.5. The lowest BCUT2D eigenvalue weighted by molar-refractivity contribution is -0.140. The molecule has 0 N–H and O–H groups in total. The van der Waals surface area contributed by atoms with Crippen molar-refractivity contribution in [1.29, 1.82) is 0 Å². The first-order valence-electron chi connectivity index (χ1n) is 22.5. The van der Waals surface area contributed by atoms with Gasteiger partial charge in [-0.15, -0.1) is 0 Å². The van der Waals surface area contributed by atoms with Crippen molar-refractivity contribution in [2.45, 2.75) is 196 Å². The normalized spacial score (nSPS) is 16.1. The Balaban J connectivity index is 10.6. The molecule has 0 aromatic rings. The van der Waals surface area contributed by atoms with Crippen molar-refractivity contribution < 1.29 is 58.9 Å². The molecule has 0 saturated carbocycles. The van der Waals surface area contributed by atoms with Gasteiger partial charge in [0.1, 0.15) is 5.20 Å². The van der Waals surface area contributed by atoms with Crippen LogP contribution in [0.5, 0.6) is 0 Å². The predicted octanol–water partition coefficient (Wildman–Crippen LogP) is 7.07. The zero-order valence-electron chi connectivity index (χ0n) is 45.6. The molecular formula is C33H96O14Si16. The van der Waals surface area contributed by atoms with Crippen molar-refractivity contribution in [3.8, 4) is 0 Å². The summed E-state index contributed by atoms with van der Waals surface area (Å²) in [5, 5.41) is 0.0867. The van der Waals surface area contributed by atoms with Gasteiger partial charge >= 0.3 is 32.4 Å². The maximum atomic E-state index is 16.2. The van der Waals surface area contributed by atoms with Crippen LogP contribution in [0.25, 0.3) is 0 Å². The van der Waals surface area contributed by atoms with Crippen LogP contribution in [-0.2, 0) is 58.9 Å². The van der Waals surface area contributed by atoms with E-state index in [1.807, 2.05) is 6.92 Å². The minimum atomic E-state index is -4.56. The van der Waals surface area contributed by atoms with Gasteiger partial charge < -0.3 is 54.1 Å². The molecule has 63 heavy (non-hydrogen) atoms. The lowest BCUT2D eigenvalue weighted by Crippen LogP contribution is -2.73. The number of esters is 1. The molecule has 0 radical (unpaired) electrons. The van der Waals surface area contributed by atoms with Crippen LogP contribution in [0, 0.1) is 0 Å². The summed E-state index contributed by atoms with van der Waals surface area (Å²) in [6, 6.07) is 0. The zero-order chi connectivity index (χ0) is 50.3. The van der Waals surface area contributed by atoms with Gasteiger partial charge in [-0.05, 0) is 183 Å². The molecule has 1 unspecified atom stereocenters. The Labute approximate surface area is 409 Å². The third-order valence-electron chi connectivity index (χ3n) is 7.12. The maximum Gasteiger partial charge on any atom is 0.514 e. The summed E-state index contributed by atoms with van der Waals surface area (Å²) in [6.45, 7) is 59.2. The summed E-state index contributed by atoms with van der Waals surface area (Å²) in [4.78, 5) is 16.5. The number of carbonyl (C=O) groups excluding carboxylic acids is 1. The third-order valence-corrected chi connectivity index (χ3v) is 52.2. The number of hydrogen-bond acceptors (Lipinski definition) is 14. The Hall–Kier alpha value is 2.20. The van der Waals surface area contributed by atoms with Gasteiger partial charge in [-0.2, -0.15) is 0 Å². The van der Waals surface area contributed by atoms with Crippen LogP contribution in [0.3, 0.4) is 0 Å². The van der Waals surface area contributed by atoms with E-state index in [-0.39, 0.29) is 10.9 Å². The quantitative estimate of drug-likeness (QED) is 0.0412. The number of ether oxygens (including phenoxy) is 1. The zero-order valence-corrected chi connectivity index (χ0v) is 63.9. The second kappa shape index (κ2) is 24.1. The highest BCUT2D eigenvalue weighted by molar-refractivity contribution is 7.07. The lowest BCUT2D eigenvalue weighted by atomic mass is 10.5. The number of hydrogen-bond donors (Lipinski definition) is 0. The second-order valence-corrected chi connectivity index (χ2v) is 82.1. The van der Waals surface area contributed by atoms with Gasteiger partial charge in [0.25, 0.3) is 30.0 Å². The highest BCUT2D eigenvalue weighted by Gasteiger charge is 2.71. The summed E-state index contributed by atoms with van der Waals surface area (Å²) in [5.41, 5.74) is -0.357. The van der Waals surface area contributed by atoms with E-state index in [1.165, 1.54) is 0 Å². The van der Waals surface area contributed by atoms with Crippen LogP contribution in [-0.4, -0.2) is 153 Å². The fraction of sp³-hybridized carbons (Fsp3) is 0.909.